The number of hydrogen-bond donors (Lipinski definition) is 1. The maximum absolute atomic E-state index is 5.44. The van der Waals surface area contributed by atoms with E-state index in [1.807, 2.05) is 6.92 Å². The molecule has 0 spiro atoms. The van der Waals surface area contributed by atoms with Gasteiger partial charge in [-0.05, 0) is 43.4 Å². The van der Waals surface area contributed by atoms with Gasteiger partial charge in [-0.1, -0.05) is 28.1 Å². The van der Waals surface area contributed by atoms with Crippen molar-refractivity contribution >= 4 is 15.9 Å². The molecule has 0 aliphatic rings. The molecule has 1 atom stereocenters. The fraction of sp³-hybridized carbons (Fsp3) is 0.625. The first-order valence-corrected chi connectivity index (χ1v) is 8.10. The summed E-state index contributed by atoms with van der Waals surface area (Å²) in [6.45, 7) is 6.31. The average molecular weight is 344 g/mol. The lowest BCUT2D eigenvalue weighted by molar-refractivity contribution is 0.141. The molecule has 0 heterocycles. The van der Waals surface area contributed by atoms with Crippen LogP contribution in [0.4, 0.5) is 0 Å². The summed E-state index contributed by atoms with van der Waals surface area (Å²) in [5, 5.41) is 3.46. The molecule has 0 bridgehead atoms. The maximum Gasteiger partial charge on any atom is 0.0587 e. The standard InChI is InChI=1S/C16H26BrNO2/c1-3-20-10-5-7-15(13-18-9-11-19-2)14-6-4-8-16(17)12-14/h4,6,8,12,15,18H,3,5,7,9-11,13H2,1-2H3. The quantitative estimate of drug-likeness (QED) is 0.623. The van der Waals surface area contributed by atoms with Crippen molar-refractivity contribution in [2.24, 2.45) is 0 Å². The van der Waals surface area contributed by atoms with Gasteiger partial charge in [-0.3, -0.25) is 0 Å². The SMILES string of the molecule is CCOCCCC(CNCCOC)c1cccc(Br)c1. The highest BCUT2D eigenvalue weighted by Gasteiger charge is 2.11. The minimum atomic E-state index is 0.518. The van der Waals surface area contributed by atoms with Crippen molar-refractivity contribution in [3.05, 3.63) is 34.3 Å². The lowest BCUT2D eigenvalue weighted by atomic mass is 9.94. The molecule has 0 amide bonds. The second kappa shape index (κ2) is 11.3. The smallest absolute Gasteiger partial charge is 0.0587 e. The Morgan fingerprint density at radius 2 is 2.15 bits per heavy atom. The van der Waals surface area contributed by atoms with Crippen LogP contribution < -0.4 is 5.32 Å². The van der Waals surface area contributed by atoms with E-state index in [0.29, 0.717) is 5.92 Å². The Labute approximate surface area is 131 Å². The van der Waals surface area contributed by atoms with E-state index in [2.05, 4.69) is 45.5 Å². The second-order valence-electron chi connectivity index (χ2n) is 4.79. The third-order valence-corrected chi connectivity index (χ3v) is 3.73. The van der Waals surface area contributed by atoms with Crippen molar-refractivity contribution in [3.8, 4) is 0 Å². The number of rotatable bonds is 11. The van der Waals surface area contributed by atoms with Crippen molar-refractivity contribution in [3.63, 3.8) is 0 Å². The van der Waals surface area contributed by atoms with Crippen LogP contribution in [0.2, 0.25) is 0 Å². The number of halogens is 1. The third-order valence-electron chi connectivity index (χ3n) is 3.24. The van der Waals surface area contributed by atoms with E-state index in [1.54, 1.807) is 7.11 Å². The Bertz CT molecular complexity index is 348. The Morgan fingerprint density at radius 1 is 1.30 bits per heavy atom. The predicted octanol–water partition coefficient (Wildman–Crippen LogP) is 3.59. The van der Waals surface area contributed by atoms with Crippen molar-refractivity contribution in [2.75, 3.05) is 40.0 Å². The van der Waals surface area contributed by atoms with Gasteiger partial charge in [0.15, 0.2) is 0 Å². The number of benzene rings is 1. The largest absolute Gasteiger partial charge is 0.383 e. The number of nitrogens with one attached hydrogen (secondary N) is 1. The minimum Gasteiger partial charge on any atom is -0.383 e. The zero-order valence-electron chi connectivity index (χ0n) is 12.5. The molecule has 1 N–H and O–H groups in total. The van der Waals surface area contributed by atoms with Crippen LogP contribution in [0.3, 0.4) is 0 Å². The molecular formula is C16H26BrNO2. The van der Waals surface area contributed by atoms with Crippen molar-refractivity contribution in [1.29, 1.82) is 0 Å². The fourth-order valence-corrected chi connectivity index (χ4v) is 2.59. The summed E-state index contributed by atoms with van der Waals surface area (Å²) in [5.41, 5.74) is 1.38. The Hall–Kier alpha value is -0.420. The Kier molecular flexibility index (Phi) is 9.93. The summed E-state index contributed by atoms with van der Waals surface area (Å²) in [6.07, 6.45) is 2.23. The third kappa shape index (κ3) is 7.39. The molecule has 3 nitrogen and oxygen atoms in total. The van der Waals surface area contributed by atoms with Crippen LogP contribution in [-0.4, -0.2) is 40.0 Å². The first-order valence-electron chi connectivity index (χ1n) is 7.30. The van der Waals surface area contributed by atoms with E-state index < -0.39 is 0 Å². The van der Waals surface area contributed by atoms with Crippen LogP contribution in [0.5, 0.6) is 0 Å². The van der Waals surface area contributed by atoms with Crippen molar-refractivity contribution < 1.29 is 9.47 Å². The van der Waals surface area contributed by atoms with Crippen molar-refractivity contribution in [1.82, 2.24) is 5.32 Å². The fourth-order valence-electron chi connectivity index (χ4n) is 2.17. The molecule has 0 fully saturated rings. The summed E-state index contributed by atoms with van der Waals surface area (Å²) >= 11 is 3.55. The molecule has 114 valence electrons. The molecular weight excluding hydrogens is 318 g/mol. The van der Waals surface area contributed by atoms with Gasteiger partial charge < -0.3 is 14.8 Å². The zero-order chi connectivity index (χ0) is 14.6. The number of hydrogen-bond acceptors (Lipinski definition) is 3. The van der Waals surface area contributed by atoms with E-state index in [4.69, 9.17) is 9.47 Å². The Balaban J connectivity index is 2.49. The van der Waals surface area contributed by atoms with Crippen LogP contribution in [-0.2, 0) is 9.47 Å². The van der Waals surface area contributed by atoms with Crippen LogP contribution in [0, 0.1) is 0 Å². The molecule has 0 radical (unpaired) electrons. The molecule has 20 heavy (non-hydrogen) atoms. The molecule has 1 rings (SSSR count). The molecule has 0 aromatic heterocycles. The lowest BCUT2D eigenvalue weighted by Crippen LogP contribution is -2.25. The van der Waals surface area contributed by atoms with E-state index >= 15 is 0 Å². The predicted molar refractivity (Wildman–Crippen MR) is 87.4 cm³/mol. The average Bonchev–Trinajstić information content (AvgIpc) is 2.45. The van der Waals surface area contributed by atoms with Gasteiger partial charge in [0.2, 0.25) is 0 Å². The summed E-state index contributed by atoms with van der Waals surface area (Å²) in [4.78, 5) is 0. The minimum absolute atomic E-state index is 0.518. The number of ether oxygens (including phenoxy) is 2. The van der Waals surface area contributed by atoms with Gasteiger partial charge in [0, 0.05) is 37.9 Å². The molecule has 1 aromatic rings. The van der Waals surface area contributed by atoms with Crippen LogP contribution >= 0.6 is 15.9 Å². The summed E-state index contributed by atoms with van der Waals surface area (Å²) < 4.78 is 11.6. The van der Waals surface area contributed by atoms with Gasteiger partial charge in [0.1, 0.15) is 0 Å². The molecule has 0 aliphatic heterocycles. The molecule has 1 unspecified atom stereocenters. The van der Waals surface area contributed by atoms with Crippen molar-refractivity contribution in [2.45, 2.75) is 25.7 Å². The number of methoxy groups -OCH3 is 1. The van der Waals surface area contributed by atoms with Gasteiger partial charge in [0.25, 0.3) is 0 Å². The highest BCUT2D eigenvalue weighted by atomic mass is 79.9. The van der Waals surface area contributed by atoms with Gasteiger partial charge in [0.05, 0.1) is 6.61 Å². The molecule has 0 saturated carbocycles. The topological polar surface area (TPSA) is 30.5 Å². The highest BCUT2D eigenvalue weighted by Crippen LogP contribution is 2.23. The van der Waals surface area contributed by atoms with E-state index in [-0.39, 0.29) is 0 Å². The maximum atomic E-state index is 5.44. The molecule has 0 aliphatic carbocycles. The zero-order valence-corrected chi connectivity index (χ0v) is 14.1. The Morgan fingerprint density at radius 3 is 2.85 bits per heavy atom. The molecule has 4 heteroatoms. The van der Waals surface area contributed by atoms with E-state index in [1.165, 1.54) is 5.56 Å². The highest BCUT2D eigenvalue weighted by molar-refractivity contribution is 9.10. The van der Waals surface area contributed by atoms with Crippen LogP contribution in [0.15, 0.2) is 28.7 Å². The summed E-state index contributed by atoms with van der Waals surface area (Å²) in [7, 11) is 1.73. The van der Waals surface area contributed by atoms with E-state index in [0.717, 1.165) is 50.2 Å². The normalized spacial score (nSPS) is 12.6. The van der Waals surface area contributed by atoms with E-state index in [9.17, 15) is 0 Å². The second-order valence-corrected chi connectivity index (χ2v) is 5.70. The van der Waals surface area contributed by atoms with Crippen LogP contribution in [0.25, 0.3) is 0 Å². The molecule has 0 saturated heterocycles. The molecule has 1 aromatic carbocycles. The monoisotopic (exact) mass is 343 g/mol. The van der Waals surface area contributed by atoms with Gasteiger partial charge in [-0.15, -0.1) is 0 Å². The van der Waals surface area contributed by atoms with Gasteiger partial charge >= 0.3 is 0 Å². The summed E-state index contributed by atoms with van der Waals surface area (Å²) in [5.74, 6) is 0.518. The summed E-state index contributed by atoms with van der Waals surface area (Å²) in [6, 6.07) is 8.58. The lowest BCUT2D eigenvalue weighted by Gasteiger charge is -2.18. The first-order chi connectivity index (χ1) is 9.77. The van der Waals surface area contributed by atoms with Crippen LogP contribution in [0.1, 0.15) is 31.2 Å². The van der Waals surface area contributed by atoms with Gasteiger partial charge in [-0.25, -0.2) is 0 Å². The van der Waals surface area contributed by atoms with Gasteiger partial charge in [-0.2, -0.15) is 0 Å². The first kappa shape index (κ1) is 17.6.